The van der Waals surface area contributed by atoms with E-state index in [-0.39, 0.29) is 0 Å². The molecule has 0 aliphatic heterocycles. The van der Waals surface area contributed by atoms with Gasteiger partial charge in [-0.1, -0.05) is 12.1 Å². The predicted molar refractivity (Wildman–Crippen MR) is 85.7 cm³/mol. The van der Waals surface area contributed by atoms with E-state index in [1.165, 1.54) is 0 Å². The van der Waals surface area contributed by atoms with E-state index in [0.717, 1.165) is 10.6 Å². The Morgan fingerprint density at radius 3 is 2.62 bits per heavy atom. The summed E-state index contributed by atoms with van der Waals surface area (Å²) in [5, 5.41) is 6.05. The number of carbonyl (C=O) groups is 1. The van der Waals surface area contributed by atoms with Crippen molar-refractivity contribution in [3.63, 3.8) is 0 Å². The summed E-state index contributed by atoms with van der Waals surface area (Å²) in [6.45, 7) is 6.17. The fourth-order valence-electron chi connectivity index (χ4n) is 1.67. The van der Waals surface area contributed by atoms with Crippen molar-refractivity contribution in [2.75, 3.05) is 10.6 Å². The molecule has 0 bridgehead atoms. The van der Waals surface area contributed by atoms with Crippen molar-refractivity contribution in [1.29, 1.82) is 0 Å². The van der Waals surface area contributed by atoms with Gasteiger partial charge in [-0.15, -0.1) is 11.3 Å². The maximum absolute atomic E-state index is 11.8. The highest BCUT2D eigenvalue weighted by Crippen LogP contribution is 2.23. The molecule has 0 radical (unpaired) electrons. The topological polar surface area (TPSA) is 63.2 Å². The number of nitrogens with one attached hydrogen (secondary N) is 2. The molecule has 0 saturated heterocycles. The molecule has 21 heavy (non-hydrogen) atoms. The lowest BCUT2D eigenvalue weighted by Crippen LogP contribution is -2.27. The lowest BCUT2D eigenvalue weighted by Gasteiger charge is -2.20. The van der Waals surface area contributed by atoms with Crippen LogP contribution in [0.5, 0.6) is 0 Å². The van der Waals surface area contributed by atoms with Crippen molar-refractivity contribution >= 4 is 28.8 Å². The van der Waals surface area contributed by atoms with Gasteiger partial charge in [-0.3, -0.25) is 10.3 Å². The molecule has 2 N–H and O–H groups in total. The first-order valence-corrected chi connectivity index (χ1v) is 7.52. The summed E-state index contributed by atoms with van der Waals surface area (Å²) >= 11 is 1.58. The van der Waals surface area contributed by atoms with Crippen LogP contribution in [0.25, 0.3) is 0 Å². The lowest BCUT2D eigenvalue weighted by molar-refractivity contribution is 0.0636. The normalized spacial score (nSPS) is 11.0. The Kier molecular flexibility index (Phi) is 4.80. The summed E-state index contributed by atoms with van der Waals surface area (Å²) in [5.41, 5.74) is 2.81. The predicted octanol–water partition coefficient (Wildman–Crippen LogP) is 4.10. The maximum atomic E-state index is 11.8. The molecular weight excluding hydrogens is 286 g/mol. The molecule has 1 heterocycles. The zero-order valence-corrected chi connectivity index (χ0v) is 13.2. The molecule has 0 aliphatic rings. The average molecular weight is 305 g/mol. The smallest absolute Gasteiger partial charge is 0.412 e. The largest absolute Gasteiger partial charge is 0.444 e. The summed E-state index contributed by atoms with van der Waals surface area (Å²) in [5.74, 6) is 0. The van der Waals surface area contributed by atoms with Crippen molar-refractivity contribution in [2.24, 2.45) is 0 Å². The molecule has 6 heteroatoms. The first-order valence-electron chi connectivity index (χ1n) is 6.64. The monoisotopic (exact) mass is 305 g/mol. The summed E-state index contributed by atoms with van der Waals surface area (Å²) in [4.78, 5) is 17.0. The van der Waals surface area contributed by atoms with E-state index >= 15 is 0 Å². The van der Waals surface area contributed by atoms with Gasteiger partial charge < -0.3 is 10.1 Å². The Balaban J connectivity index is 2.01. The third-order valence-electron chi connectivity index (χ3n) is 2.50. The van der Waals surface area contributed by atoms with Crippen LogP contribution < -0.4 is 10.6 Å². The molecule has 0 unspecified atom stereocenters. The van der Waals surface area contributed by atoms with Crippen LogP contribution in [-0.4, -0.2) is 16.7 Å². The Labute approximate surface area is 128 Å². The SMILES string of the molecule is CC(C)(C)OC(=O)Nc1ccccc1NCc1cncs1. The molecule has 5 nitrogen and oxygen atoms in total. The molecule has 0 fully saturated rings. The highest BCUT2D eigenvalue weighted by atomic mass is 32.1. The van der Waals surface area contributed by atoms with Crippen LogP contribution in [0.15, 0.2) is 36.0 Å². The van der Waals surface area contributed by atoms with Crippen LogP contribution in [0.3, 0.4) is 0 Å². The number of aromatic nitrogens is 1. The number of hydrogen-bond acceptors (Lipinski definition) is 5. The minimum atomic E-state index is -0.519. The van der Waals surface area contributed by atoms with Crippen molar-refractivity contribution < 1.29 is 9.53 Å². The van der Waals surface area contributed by atoms with Gasteiger partial charge in [0.25, 0.3) is 0 Å². The van der Waals surface area contributed by atoms with E-state index < -0.39 is 11.7 Å². The van der Waals surface area contributed by atoms with E-state index in [2.05, 4.69) is 15.6 Å². The molecule has 0 atom stereocenters. The van der Waals surface area contributed by atoms with Crippen LogP contribution in [0, 0.1) is 0 Å². The Morgan fingerprint density at radius 2 is 2.00 bits per heavy atom. The molecule has 0 saturated carbocycles. The molecule has 0 spiro atoms. The second-order valence-corrected chi connectivity index (χ2v) is 6.46. The van der Waals surface area contributed by atoms with Crippen LogP contribution in [0.1, 0.15) is 25.6 Å². The van der Waals surface area contributed by atoms with Crippen molar-refractivity contribution in [2.45, 2.75) is 32.9 Å². The zero-order valence-electron chi connectivity index (χ0n) is 12.3. The second-order valence-electron chi connectivity index (χ2n) is 5.49. The van der Waals surface area contributed by atoms with Gasteiger partial charge in [0.05, 0.1) is 23.4 Å². The number of carbonyl (C=O) groups excluding carboxylic acids is 1. The summed E-state index contributed by atoms with van der Waals surface area (Å²) in [6, 6.07) is 7.52. The highest BCUT2D eigenvalue weighted by molar-refractivity contribution is 7.09. The van der Waals surface area contributed by atoms with E-state index in [0.29, 0.717) is 12.2 Å². The molecule has 1 aromatic heterocycles. The van der Waals surface area contributed by atoms with Crippen molar-refractivity contribution in [3.8, 4) is 0 Å². The number of rotatable bonds is 4. The average Bonchev–Trinajstić information content (AvgIpc) is 2.88. The van der Waals surface area contributed by atoms with Gasteiger partial charge in [0, 0.05) is 11.1 Å². The molecule has 0 aliphatic carbocycles. The number of benzene rings is 1. The second kappa shape index (κ2) is 6.58. The first-order chi connectivity index (χ1) is 9.94. The standard InChI is InChI=1S/C15H19N3O2S/c1-15(2,3)20-14(19)18-13-7-5-4-6-12(13)17-9-11-8-16-10-21-11/h4-8,10,17H,9H2,1-3H3,(H,18,19). The minimum Gasteiger partial charge on any atom is -0.444 e. The van der Waals surface area contributed by atoms with Crippen LogP contribution in [0.4, 0.5) is 16.2 Å². The van der Waals surface area contributed by atoms with Gasteiger partial charge in [-0.05, 0) is 32.9 Å². The minimum absolute atomic E-state index is 0.463. The van der Waals surface area contributed by atoms with Gasteiger partial charge in [0.15, 0.2) is 0 Å². The highest BCUT2D eigenvalue weighted by Gasteiger charge is 2.17. The van der Waals surface area contributed by atoms with Crippen molar-refractivity contribution in [1.82, 2.24) is 4.98 Å². The maximum Gasteiger partial charge on any atom is 0.412 e. The fraction of sp³-hybridized carbons (Fsp3) is 0.333. The van der Waals surface area contributed by atoms with E-state index in [4.69, 9.17) is 4.74 Å². The summed E-state index contributed by atoms with van der Waals surface area (Å²) in [6.07, 6.45) is 1.36. The fourth-order valence-corrected chi connectivity index (χ4v) is 2.21. The molecular formula is C15H19N3O2S. The number of nitrogens with zero attached hydrogens (tertiary/aromatic N) is 1. The summed E-state index contributed by atoms with van der Waals surface area (Å²) < 4.78 is 5.26. The Morgan fingerprint density at radius 1 is 1.29 bits per heavy atom. The van der Waals surface area contributed by atoms with Crippen LogP contribution in [0.2, 0.25) is 0 Å². The molecule has 2 aromatic rings. The van der Waals surface area contributed by atoms with E-state index in [1.807, 2.05) is 51.2 Å². The van der Waals surface area contributed by atoms with Crippen LogP contribution >= 0.6 is 11.3 Å². The number of amides is 1. The lowest BCUT2D eigenvalue weighted by atomic mass is 10.2. The van der Waals surface area contributed by atoms with E-state index in [1.54, 1.807) is 16.8 Å². The number of thiazole rings is 1. The Hall–Kier alpha value is -2.08. The third kappa shape index (κ3) is 5.07. The van der Waals surface area contributed by atoms with Gasteiger partial charge in [0.1, 0.15) is 5.60 Å². The number of hydrogen-bond donors (Lipinski definition) is 2. The van der Waals surface area contributed by atoms with E-state index in [9.17, 15) is 4.79 Å². The third-order valence-corrected chi connectivity index (χ3v) is 3.28. The molecule has 2 rings (SSSR count). The molecule has 1 amide bonds. The molecule has 1 aromatic carbocycles. The Bertz CT molecular complexity index is 591. The van der Waals surface area contributed by atoms with Gasteiger partial charge in [0.2, 0.25) is 0 Å². The zero-order chi connectivity index (χ0) is 15.3. The first kappa shape index (κ1) is 15.3. The van der Waals surface area contributed by atoms with Gasteiger partial charge >= 0.3 is 6.09 Å². The molecule has 112 valence electrons. The number of anilines is 2. The number of para-hydroxylation sites is 2. The number of ether oxygens (including phenoxy) is 1. The van der Waals surface area contributed by atoms with Crippen LogP contribution in [-0.2, 0) is 11.3 Å². The van der Waals surface area contributed by atoms with Gasteiger partial charge in [-0.2, -0.15) is 0 Å². The summed E-state index contributed by atoms with van der Waals surface area (Å²) in [7, 11) is 0. The van der Waals surface area contributed by atoms with Crippen molar-refractivity contribution in [3.05, 3.63) is 40.8 Å². The quantitative estimate of drug-likeness (QED) is 0.892. The van der Waals surface area contributed by atoms with Gasteiger partial charge in [-0.25, -0.2) is 4.79 Å².